The molecule has 3 N–H and O–H groups in total. The van der Waals surface area contributed by atoms with E-state index in [1.807, 2.05) is 4.90 Å². The van der Waals surface area contributed by atoms with E-state index in [9.17, 15) is 4.79 Å². The zero-order valence-corrected chi connectivity index (χ0v) is 10.6. The molecule has 1 aromatic rings. The molecule has 5 heteroatoms. The zero-order chi connectivity index (χ0) is 12.5. The molecule has 1 aliphatic carbocycles. The number of carbonyl (C=O) groups excluding carboxylic acids is 1. The van der Waals surface area contributed by atoms with Crippen LogP contribution in [0.4, 0.5) is 5.82 Å². The molecule has 2 unspecified atom stereocenters. The molecule has 5 nitrogen and oxygen atoms in total. The number of nitrogen functional groups attached to an aromatic ring is 1. The van der Waals surface area contributed by atoms with Gasteiger partial charge in [-0.25, -0.2) is 0 Å². The lowest BCUT2D eigenvalue weighted by molar-refractivity contribution is 0.0385. The van der Waals surface area contributed by atoms with Crippen LogP contribution in [-0.2, 0) is 0 Å². The van der Waals surface area contributed by atoms with Crippen LogP contribution >= 0.6 is 0 Å². The highest BCUT2D eigenvalue weighted by Gasteiger charge is 2.36. The Morgan fingerprint density at radius 3 is 2.89 bits per heavy atom. The Morgan fingerprint density at radius 2 is 2.11 bits per heavy atom. The van der Waals surface area contributed by atoms with Crippen molar-refractivity contribution in [2.75, 3.05) is 12.3 Å². The van der Waals surface area contributed by atoms with Gasteiger partial charge in [0.05, 0.1) is 0 Å². The van der Waals surface area contributed by atoms with Gasteiger partial charge in [-0.3, -0.25) is 9.89 Å². The van der Waals surface area contributed by atoms with Crippen LogP contribution in [0.1, 0.15) is 49.0 Å². The number of hydrogen-bond donors (Lipinski definition) is 2. The van der Waals surface area contributed by atoms with Gasteiger partial charge in [0.15, 0.2) is 0 Å². The van der Waals surface area contributed by atoms with E-state index < -0.39 is 0 Å². The summed E-state index contributed by atoms with van der Waals surface area (Å²) in [5, 5.41) is 6.57. The van der Waals surface area contributed by atoms with Gasteiger partial charge in [0.25, 0.3) is 5.91 Å². The van der Waals surface area contributed by atoms with Crippen molar-refractivity contribution >= 4 is 11.7 Å². The maximum atomic E-state index is 12.5. The molecule has 1 saturated carbocycles. The summed E-state index contributed by atoms with van der Waals surface area (Å²) < 4.78 is 0. The Labute approximate surface area is 107 Å². The number of amides is 1. The minimum Gasteiger partial charge on any atom is -0.382 e. The Kier molecular flexibility index (Phi) is 2.97. The number of likely N-dealkylation sites (tertiary alicyclic amines) is 1. The monoisotopic (exact) mass is 248 g/mol. The number of piperidine rings is 1. The molecule has 18 heavy (non-hydrogen) atoms. The van der Waals surface area contributed by atoms with Gasteiger partial charge >= 0.3 is 0 Å². The topological polar surface area (TPSA) is 75.0 Å². The Balaban J connectivity index is 1.79. The number of nitrogens with two attached hydrogens (primary N) is 1. The lowest BCUT2D eigenvalue weighted by Gasteiger charge is -2.43. The summed E-state index contributed by atoms with van der Waals surface area (Å²) in [4.78, 5) is 14.5. The van der Waals surface area contributed by atoms with Crippen molar-refractivity contribution in [2.24, 2.45) is 5.92 Å². The highest BCUT2D eigenvalue weighted by Crippen LogP contribution is 2.35. The molecular weight excluding hydrogens is 228 g/mol. The van der Waals surface area contributed by atoms with Gasteiger partial charge in [0.1, 0.15) is 11.5 Å². The molecule has 0 spiro atoms. The summed E-state index contributed by atoms with van der Waals surface area (Å²) in [6.45, 7) is 0.874. The van der Waals surface area contributed by atoms with Crippen LogP contribution in [0.2, 0.25) is 0 Å². The van der Waals surface area contributed by atoms with Crippen molar-refractivity contribution in [3.8, 4) is 0 Å². The molecule has 0 radical (unpaired) electrons. The normalized spacial score (nSPS) is 27.9. The molecule has 0 bridgehead atoms. The predicted octanol–water partition coefficient (Wildman–Crippen LogP) is 1.79. The Morgan fingerprint density at radius 1 is 1.33 bits per heavy atom. The molecule has 1 aromatic heterocycles. The lowest BCUT2D eigenvalue weighted by Crippen LogP contribution is -2.49. The smallest absolute Gasteiger partial charge is 0.272 e. The number of nitrogens with zero attached hydrogens (tertiary/aromatic N) is 2. The van der Waals surface area contributed by atoms with E-state index in [0.717, 1.165) is 19.4 Å². The van der Waals surface area contributed by atoms with Gasteiger partial charge in [-0.15, -0.1) is 0 Å². The van der Waals surface area contributed by atoms with Crippen molar-refractivity contribution in [2.45, 2.75) is 44.6 Å². The number of anilines is 1. The number of H-pyrrole nitrogens is 1. The van der Waals surface area contributed by atoms with Gasteiger partial charge < -0.3 is 10.6 Å². The second-order valence-electron chi connectivity index (χ2n) is 5.46. The van der Waals surface area contributed by atoms with Crippen LogP contribution in [0.25, 0.3) is 0 Å². The van der Waals surface area contributed by atoms with E-state index in [1.165, 1.54) is 25.7 Å². The molecule has 1 amide bonds. The minimum absolute atomic E-state index is 0.0656. The van der Waals surface area contributed by atoms with Crippen LogP contribution < -0.4 is 5.73 Å². The zero-order valence-electron chi connectivity index (χ0n) is 10.6. The van der Waals surface area contributed by atoms with Gasteiger partial charge in [0, 0.05) is 18.7 Å². The first-order chi connectivity index (χ1) is 8.75. The van der Waals surface area contributed by atoms with Crippen molar-refractivity contribution < 1.29 is 4.79 Å². The van der Waals surface area contributed by atoms with Crippen LogP contribution in [0.5, 0.6) is 0 Å². The first-order valence-electron chi connectivity index (χ1n) is 6.87. The quantitative estimate of drug-likeness (QED) is 0.795. The fraction of sp³-hybridized carbons (Fsp3) is 0.692. The maximum Gasteiger partial charge on any atom is 0.272 e. The number of carbonyl (C=O) groups is 1. The van der Waals surface area contributed by atoms with Crippen molar-refractivity contribution in [3.05, 3.63) is 11.8 Å². The average molecular weight is 248 g/mol. The van der Waals surface area contributed by atoms with Crippen molar-refractivity contribution in [1.82, 2.24) is 15.1 Å². The number of aromatic amines is 1. The van der Waals surface area contributed by atoms with E-state index in [0.29, 0.717) is 23.5 Å². The highest BCUT2D eigenvalue weighted by atomic mass is 16.2. The summed E-state index contributed by atoms with van der Waals surface area (Å²) in [5.41, 5.74) is 6.09. The van der Waals surface area contributed by atoms with Crippen LogP contribution in [0.3, 0.4) is 0 Å². The fourth-order valence-electron chi connectivity index (χ4n) is 3.48. The number of fused-ring (bicyclic) bond motifs is 1. The van der Waals surface area contributed by atoms with Gasteiger partial charge in [0.2, 0.25) is 0 Å². The molecule has 1 aliphatic heterocycles. The van der Waals surface area contributed by atoms with Crippen molar-refractivity contribution in [3.63, 3.8) is 0 Å². The van der Waals surface area contributed by atoms with Gasteiger partial charge in [-0.1, -0.05) is 12.8 Å². The largest absolute Gasteiger partial charge is 0.382 e. The van der Waals surface area contributed by atoms with Crippen LogP contribution in [0.15, 0.2) is 6.07 Å². The summed E-state index contributed by atoms with van der Waals surface area (Å²) in [5.74, 6) is 1.16. The molecule has 0 aromatic carbocycles. The average Bonchev–Trinajstić information content (AvgIpc) is 2.84. The summed E-state index contributed by atoms with van der Waals surface area (Å²) >= 11 is 0. The van der Waals surface area contributed by atoms with E-state index in [4.69, 9.17) is 5.73 Å². The van der Waals surface area contributed by atoms with E-state index in [-0.39, 0.29) is 5.91 Å². The van der Waals surface area contributed by atoms with Gasteiger partial charge in [-0.05, 0) is 31.6 Å². The third-order valence-corrected chi connectivity index (χ3v) is 4.33. The number of aromatic nitrogens is 2. The van der Waals surface area contributed by atoms with Crippen molar-refractivity contribution in [1.29, 1.82) is 0 Å². The first kappa shape index (κ1) is 11.6. The van der Waals surface area contributed by atoms with E-state index >= 15 is 0 Å². The second-order valence-corrected chi connectivity index (χ2v) is 5.46. The molecule has 1 saturated heterocycles. The molecular formula is C13H20N4O. The minimum atomic E-state index is 0.0656. The summed E-state index contributed by atoms with van der Waals surface area (Å²) in [6, 6.07) is 2.07. The fourth-order valence-corrected chi connectivity index (χ4v) is 3.48. The molecule has 2 heterocycles. The summed E-state index contributed by atoms with van der Waals surface area (Å²) in [6.07, 6.45) is 7.39. The molecule has 2 aliphatic rings. The molecule has 3 rings (SSSR count). The SMILES string of the molecule is Nc1cc(C(=O)N2CCCC3CCCCC32)[nH]n1. The van der Waals surface area contributed by atoms with E-state index in [1.54, 1.807) is 6.07 Å². The third kappa shape index (κ3) is 1.98. The molecule has 2 atom stereocenters. The van der Waals surface area contributed by atoms with Gasteiger partial charge in [-0.2, -0.15) is 5.10 Å². The van der Waals surface area contributed by atoms with Crippen LogP contribution in [0, 0.1) is 5.92 Å². The maximum absolute atomic E-state index is 12.5. The Hall–Kier alpha value is -1.52. The number of hydrogen-bond acceptors (Lipinski definition) is 3. The molecule has 2 fully saturated rings. The number of nitrogens with one attached hydrogen (secondary N) is 1. The lowest BCUT2D eigenvalue weighted by atomic mass is 9.78. The number of rotatable bonds is 1. The summed E-state index contributed by atoms with van der Waals surface area (Å²) in [7, 11) is 0. The highest BCUT2D eigenvalue weighted by molar-refractivity contribution is 5.93. The predicted molar refractivity (Wildman–Crippen MR) is 69.0 cm³/mol. The second kappa shape index (κ2) is 4.63. The van der Waals surface area contributed by atoms with Crippen LogP contribution in [-0.4, -0.2) is 33.6 Å². The van der Waals surface area contributed by atoms with E-state index in [2.05, 4.69) is 10.2 Å². The standard InChI is InChI=1S/C13H20N4O/c14-12-8-10(15-16-12)13(18)17-7-3-5-9-4-1-2-6-11(9)17/h8-9,11H,1-7H2,(H3,14,15,16). The molecule has 98 valence electrons. The third-order valence-electron chi connectivity index (χ3n) is 4.33. The Bertz CT molecular complexity index is 440. The first-order valence-corrected chi connectivity index (χ1v) is 6.87.